The molecule has 1 saturated heterocycles. The van der Waals surface area contributed by atoms with Crippen molar-refractivity contribution in [3.8, 4) is 0 Å². The summed E-state index contributed by atoms with van der Waals surface area (Å²) in [5.41, 5.74) is 0.353. The minimum atomic E-state index is -1.46. The number of amides is 1. The van der Waals surface area contributed by atoms with Gasteiger partial charge in [-0.1, -0.05) is 11.5 Å². The van der Waals surface area contributed by atoms with Gasteiger partial charge in [-0.2, -0.15) is 0 Å². The van der Waals surface area contributed by atoms with Gasteiger partial charge < -0.3 is 19.7 Å². The van der Waals surface area contributed by atoms with Gasteiger partial charge in [-0.25, -0.2) is 4.79 Å². The van der Waals surface area contributed by atoms with Gasteiger partial charge in [0.25, 0.3) is 0 Å². The van der Waals surface area contributed by atoms with E-state index in [0.29, 0.717) is 13.1 Å². The van der Waals surface area contributed by atoms with Crippen LogP contribution in [0.3, 0.4) is 0 Å². The molecule has 17 heavy (non-hydrogen) atoms. The van der Waals surface area contributed by atoms with Gasteiger partial charge in [0.2, 0.25) is 0 Å². The molecule has 1 heterocycles. The first-order valence-corrected chi connectivity index (χ1v) is 5.81. The van der Waals surface area contributed by atoms with E-state index in [-0.39, 0.29) is 6.09 Å². The molecule has 1 fully saturated rings. The molecule has 0 aromatic rings. The normalized spacial score (nSPS) is 19.4. The minimum Gasteiger partial charge on any atom is -0.444 e. The summed E-state index contributed by atoms with van der Waals surface area (Å²) in [4.78, 5) is 13.4. The maximum Gasteiger partial charge on any atom is 0.480 e. The Morgan fingerprint density at radius 2 is 2.12 bits per heavy atom. The maximum atomic E-state index is 11.8. The summed E-state index contributed by atoms with van der Waals surface area (Å²) < 4.78 is 5.27. The van der Waals surface area contributed by atoms with Gasteiger partial charge in [-0.05, 0) is 33.6 Å². The molecular formula is C11H20BNO4. The second-order valence-corrected chi connectivity index (χ2v) is 5.24. The Morgan fingerprint density at radius 1 is 1.47 bits per heavy atom. The monoisotopic (exact) mass is 241 g/mol. The number of hydrogen-bond donors (Lipinski definition) is 2. The van der Waals surface area contributed by atoms with Crippen LogP contribution in [0, 0.1) is 0 Å². The Labute approximate surface area is 102 Å². The highest BCUT2D eigenvalue weighted by molar-refractivity contribution is 6.47. The molecule has 0 bridgehead atoms. The molecule has 0 aromatic heterocycles. The molecule has 0 atom stereocenters. The number of piperidine rings is 1. The summed E-state index contributed by atoms with van der Waals surface area (Å²) in [6.07, 6.45) is 1.25. The molecule has 0 aliphatic carbocycles. The number of likely N-dealkylation sites (tertiary alicyclic amines) is 1. The van der Waals surface area contributed by atoms with E-state index in [1.54, 1.807) is 4.90 Å². The number of carbonyl (C=O) groups is 1. The van der Waals surface area contributed by atoms with Crippen molar-refractivity contribution in [2.45, 2.75) is 39.2 Å². The van der Waals surface area contributed by atoms with Gasteiger partial charge in [-0.3, -0.25) is 0 Å². The standard InChI is InChI=1S/C11H20BNO4/c1-11(2,3)17-10(14)13-6-4-5-9(8-13)7-12(15)16/h7,15-16H,4-6,8H2,1-3H3/b9-7+. The fraction of sp³-hybridized carbons (Fsp3) is 0.727. The lowest BCUT2D eigenvalue weighted by atomic mass is 9.86. The first-order valence-electron chi connectivity index (χ1n) is 5.81. The van der Waals surface area contributed by atoms with Gasteiger partial charge in [0, 0.05) is 13.1 Å². The van der Waals surface area contributed by atoms with E-state index in [2.05, 4.69) is 0 Å². The molecule has 0 saturated carbocycles. The van der Waals surface area contributed by atoms with E-state index in [1.165, 1.54) is 5.98 Å². The third-order valence-electron chi connectivity index (χ3n) is 2.36. The lowest BCUT2D eigenvalue weighted by Crippen LogP contribution is -2.40. The second-order valence-electron chi connectivity index (χ2n) is 5.24. The third kappa shape index (κ3) is 5.23. The van der Waals surface area contributed by atoms with E-state index in [9.17, 15) is 4.79 Å². The van der Waals surface area contributed by atoms with E-state index < -0.39 is 12.7 Å². The van der Waals surface area contributed by atoms with Crippen LogP contribution in [-0.2, 0) is 4.74 Å². The van der Waals surface area contributed by atoms with Crippen LogP contribution >= 0.6 is 0 Å². The SMILES string of the molecule is CC(C)(C)OC(=O)N1CCC/C(=C\B(O)O)C1. The van der Waals surface area contributed by atoms with Crippen molar-refractivity contribution in [1.82, 2.24) is 4.90 Å². The summed E-state index contributed by atoms with van der Waals surface area (Å²) in [5.74, 6) is 1.37. The van der Waals surface area contributed by atoms with E-state index in [0.717, 1.165) is 18.4 Å². The summed E-state index contributed by atoms with van der Waals surface area (Å²) in [7, 11) is -1.46. The van der Waals surface area contributed by atoms with Crippen molar-refractivity contribution in [2.75, 3.05) is 13.1 Å². The van der Waals surface area contributed by atoms with Crippen LogP contribution in [0.15, 0.2) is 11.5 Å². The van der Waals surface area contributed by atoms with Gasteiger partial charge in [-0.15, -0.1) is 0 Å². The number of ether oxygens (including phenoxy) is 1. The number of carbonyl (C=O) groups excluding carboxylic acids is 1. The Kier molecular flexibility index (Phi) is 4.59. The molecule has 1 amide bonds. The summed E-state index contributed by atoms with van der Waals surface area (Å²) >= 11 is 0. The average molecular weight is 241 g/mol. The molecule has 0 radical (unpaired) electrons. The largest absolute Gasteiger partial charge is 0.480 e. The van der Waals surface area contributed by atoms with Crippen LogP contribution in [0.4, 0.5) is 4.79 Å². The molecule has 5 nitrogen and oxygen atoms in total. The molecule has 6 heteroatoms. The third-order valence-corrected chi connectivity index (χ3v) is 2.36. The van der Waals surface area contributed by atoms with Crippen molar-refractivity contribution >= 4 is 13.2 Å². The smallest absolute Gasteiger partial charge is 0.444 e. The number of hydrogen-bond acceptors (Lipinski definition) is 4. The molecular weight excluding hydrogens is 221 g/mol. The lowest BCUT2D eigenvalue weighted by molar-refractivity contribution is 0.0246. The predicted molar refractivity (Wildman–Crippen MR) is 65.3 cm³/mol. The molecule has 0 spiro atoms. The molecule has 0 unspecified atom stereocenters. The first-order chi connectivity index (χ1) is 7.78. The zero-order valence-electron chi connectivity index (χ0n) is 10.6. The Morgan fingerprint density at radius 3 is 2.65 bits per heavy atom. The summed E-state index contributed by atoms with van der Waals surface area (Å²) in [6.45, 7) is 6.52. The molecule has 96 valence electrons. The van der Waals surface area contributed by atoms with Crippen LogP contribution < -0.4 is 0 Å². The van der Waals surface area contributed by atoms with Crippen LogP contribution in [0.5, 0.6) is 0 Å². The van der Waals surface area contributed by atoms with Crippen molar-refractivity contribution < 1.29 is 19.6 Å². The predicted octanol–water partition coefficient (Wildman–Crippen LogP) is 0.956. The Hall–Kier alpha value is -1.01. The van der Waals surface area contributed by atoms with E-state index >= 15 is 0 Å². The van der Waals surface area contributed by atoms with Crippen molar-refractivity contribution in [3.63, 3.8) is 0 Å². The Balaban J connectivity index is 2.58. The van der Waals surface area contributed by atoms with Gasteiger partial charge in [0.1, 0.15) is 5.60 Å². The van der Waals surface area contributed by atoms with Crippen molar-refractivity contribution in [1.29, 1.82) is 0 Å². The maximum absolute atomic E-state index is 11.8. The first kappa shape index (κ1) is 14.1. The van der Waals surface area contributed by atoms with Crippen molar-refractivity contribution in [3.05, 3.63) is 11.5 Å². The van der Waals surface area contributed by atoms with Crippen molar-refractivity contribution in [2.24, 2.45) is 0 Å². The lowest BCUT2D eigenvalue weighted by Gasteiger charge is -2.31. The van der Waals surface area contributed by atoms with Crippen LogP contribution in [0.25, 0.3) is 0 Å². The highest BCUT2D eigenvalue weighted by atomic mass is 16.6. The molecule has 2 N–H and O–H groups in total. The number of rotatable bonds is 1. The van der Waals surface area contributed by atoms with Gasteiger partial charge >= 0.3 is 13.2 Å². The van der Waals surface area contributed by atoms with Crippen LogP contribution in [0.1, 0.15) is 33.6 Å². The number of nitrogens with zero attached hydrogens (tertiary/aromatic N) is 1. The zero-order valence-corrected chi connectivity index (χ0v) is 10.6. The van der Waals surface area contributed by atoms with Gasteiger partial charge in [0.05, 0.1) is 0 Å². The van der Waals surface area contributed by atoms with Crippen LogP contribution in [0.2, 0.25) is 0 Å². The minimum absolute atomic E-state index is 0.351. The fourth-order valence-electron chi connectivity index (χ4n) is 1.73. The Bertz CT molecular complexity index is 309. The summed E-state index contributed by atoms with van der Waals surface area (Å²) in [5, 5.41) is 17.7. The molecule has 1 aliphatic rings. The highest BCUT2D eigenvalue weighted by Crippen LogP contribution is 2.18. The van der Waals surface area contributed by atoms with Gasteiger partial charge in [0.15, 0.2) is 0 Å². The quantitative estimate of drug-likeness (QED) is 0.670. The zero-order chi connectivity index (χ0) is 13.1. The second kappa shape index (κ2) is 5.55. The highest BCUT2D eigenvalue weighted by Gasteiger charge is 2.25. The molecule has 0 aromatic carbocycles. The fourth-order valence-corrected chi connectivity index (χ4v) is 1.73. The van der Waals surface area contributed by atoms with Crippen LogP contribution in [-0.4, -0.2) is 46.9 Å². The average Bonchev–Trinajstić information content (AvgIpc) is 2.14. The van der Waals surface area contributed by atoms with E-state index in [4.69, 9.17) is 14.8 Å². The summed E-state index contributed by atoms with van der Waals surface area (Å²) in [6, 6.07) is 0. The topological polar surface area (TPSA) is 70.0 Å². The molecule has 1 rings (SSSR count). The van der Waals surface area contributed by atoms with E-state index in [1.807, 2.05) is 20.8 Å². The molecule has 1 aliphatic heterocycles.